The first-order chi connectivity index (χ1) is 23.0. The number of carbonyl (C=O) groups excluding carboxylic acids is 1. The molecule has 0 radical (unpaired) electrons. The molecule has 1 aliphatic rings. The number of aryl methyl sites for hydroxylation is 4. The SMILES string of the molecule is C=CC(=O)Nc1ccc(CCn2c(C#N)cc3c(C)c(CN4CCC(Nc5ncnc6sc(CC(F)(F)F)cc56)CC4)ccc32)cc1C. The number of aromatic nitrogens is 3. The number of hydrogen-bond donors (Lipinski definition) is 2. The third kappa shape index (κ3) is 7.37. The van der Waals surface area contributed by atoms with Crippen molar-refractivity contribution in [2.24, 2.45) is 0 Å². The van der Waals surface area contributed by atoms with Gasteiger partial charge < -0.3 is 15.2 Å². The Kier molecular flexibility index (Phi) is 9.53. The fourth-order valence-electron chi connectivity index (χ4n) is 6.45. The Bertz CT molecular complexity index is 2030. The predicted molar refractivity (Wildman–Crippen MR) is 184 cm³/mol. The van der Waals surface area contributed by atoms with Crippen molar-refractivity contribution in [1.82, 2.24) is 19.4 Å². The lowest BCUT2D eigenvalue weighted by Crippen LogP contribution is -2.39. The van der Waals surface area contributed by atoms with Crippen LogP contribution in [0.25, 0.3) is 21.1 Å². The molecule has 1 amide bonds. The van der Waals surface area contributed by atoms with Crippen molar-refractivity contribution < 1.29 is 18.0 Å². The minimum atomic E-state index is -4.26. The Morgan fingerprint density at radius 2 is 1.92 bits per heavy atom. The van der Waals surface area contributed by atoms with E-state index in [9.17, 15) is 23.2 Å². The molecule has 3 aromatic heterocycles. The molecule has 0 bridgehead atoms. The summed E-state index contributed by atoms with van der Waals surface area (Å²) in [6, 6.07) is 16.3. The number of rotatable bonds is 10. The zero-order chi connectivity index (χ0) is 34.0. The average Bonchev–Trinajstić information content (AvgIpc) is 3.63. The number of amides is 1. The lowest BCUT2D eigenvalue weighted by Gasteiger charge is -2.33. The summed E-state index contributed by atoms with van der Waals surface area (Å²) in [5.74, 6) is 0.343. The maximum absolute atomic E-state index is 12.9. The molecular formula is C36H36F3N7OS. The summed E-state index contributed by atoms with van der Waals surface area (Å²) in [5, 5.41) is 18.0. The number of nitrogens with zero attached hydrogens (tertiary/aromatic N) is 5. The molecule has 0 atom stereocenters. The van der Waals surface area contributed by atoms with Crippen molar-refractivity contribution in [3.63, 3.8) is 0 Å². The molecule has 2 N–H and O–H groups in total. The van der Waals surface area contributed by atoms with Crippen molar-refractivity contribution in [2.45, 2.75) is 64.8 Å². The highest BCUT2D eigenvalue weighted by molar-refractivity contribution is 7.18. The summed E-state index contributed by atoms with van der Waals surface area (Å²) in [6.07, 6.45) is -0.0831. The molecular weight excluding hydrogens is 636 g/mol. The van der Waals surface area contributed by atoms with Crippen molar-refractivity contribution in [3.8, 4) is 6.07 Å². The van der Waals surface area contributed by atoms with E-state index in [0.29, 0.717) is 28.3 Å². The lowest BCUT2D eigenvalue weighted by molar-refractivity contribution is -0.126. The number of benzene rings is 2. The number of piperidine rings is 1. The van der Waals surface area contributed by atoms with Gasteiger partial charge in [0.2, 0.25) is 5.91 Å². The van der Waals surface area contributed by atoms with E-state index in [1.54, 1.807) is 6.07 Å². The van der Waals surface area contributed by atoms with Crippen LogP contribution in [0.2, 0.25) is 0 Å². The Morgan fingerprint density at radius 1 is 1.12 bits per heavy atom. The number of anilines is 2. The average molecular weight is 672 g/mol. The third-order valence-corrected chi connectivity index (χ3v) is 10.1. The van der Waals surface area contributed by atoms with Crippen LogP contribution in [0.3, 0.4) is 0 Å². The van der Waals surface area contributed by atoms with E-state index in [1.807, 2.05) is 25.1 Å². The number of halogens is 3. The first-order valence-corrected chi connectivity index (χ1v) is 16.7. The normalized spacial score (nSPS) is 14.3. The van der Waals surface area contributed by atoms with Gasteiger partial charge in [0.1, 0.15) is 28.7 Å². The molecule has 1 saturated heterocycles. The van der Waals surface area contributed by atoms with Gasteiger partial charge in [0.25, 0.3) is 0 Å². The van der Waals surface area contributed by atoms with Crippen LogP contribution in [0, 0.1) is 25.2 Å². The lowest BCUT2D eigenvalue weighted by atomic mass is 10.0. The van der Waals surface area contributed by atoms with Gasteiger partial charge in [0, 0.05) is 53.7 Å². The van der Waals surface area contributed by atoms with Crippen LogP contribution in [0.5, 0.6) is 0 Å². The van der Waals surface area contributed by atoms with Gasteiger partial charge in [-0.2, -0.15) is 18.4 Å². The number of hydrogen-bond acceptors (Lipinski definition) is 7. The number of fused-ring (bicyclic) bond motifs is 2. The van der Waals surface area contributed by atoms with Gasteiger partial charge in [-0.05, 0) is 85.7 Å². The van der Waals surface area contributed by atoms with E-state index in [1.165, 1.54) is 18.0 Å². The van der Waals surface area contributed by atoms with E-state index in [-0.39, 0.29) is 16.8 Å². The van der Waals surface area contributed by atoms with E-state index >= 15 is 0 Å². The molecule has 0 saturated carbocycles. The number of likely N-dealkylation sites (tertiary alicyclic amines) is 1. The van der Waals surface area contributed by atoms with Crippen LogP contribution in [0.4, 0.5) is 24.7 Å². The molecule has 4 heterocycles. The van der Waals surface area contributed by atoms with Crippen molar-refractivity contribution in [1.29, 1.82) is 5.26 Å². The van der Waals surface area contributed by atoms with Crippen molar-refractivity contribution >= 4 is 49.9 Å². The second-order valence-corrected chi connectivity index (χ2v) is 13.4. The molecule has 2 aromatic carbocycles. The first kappa shape index (κ1) is 33.2. The number of thiophene rings is 1. The van der Waals surface area contributed by atoms with Gasteiger partial charge in [-0.1, -0.05) is 24.8 Å². The van der Waals surface area contributed by atoms with Crippen LogP contribution >= 0.6 is 11.3 Å². The number of carbonyl (C=O) groups is 1. The van der Waals surface area contributed by atoms with Gasteiger partial charge in [-0.15, -0.1) is 11.3 Å². The van der Waals surface area contributed by atoms with Crippen LogP contribution in [-0.2, 0) is 30.7 Å². The molecule has 248 valence electrons. The highest BCUT2D eigenvalue weighted by Gasteiger charge is 2.29. The van der Waals surface area contributed by atoms with Gasteiger partial charge in [0.15, 0.2) is 0 Å². The highest BCUT2D eigenvalue weighted by atomic mass is 32.1. The molecule has 8 nitrogen and oxygen atoms in total. The quantitative estimate of drug-likeness (QED) is 0.148. The van der Waals surface area contributed by atoms with Crippen molar-refractivity contribution in [2.75, 3.05) is 23.7 Å². The minimum absolute atomic E-state index is 0.159. The van der Waals surface area contributed by atoms with E-state index in [2.05, 4.69) is 67.8 Å². The Labute approximate surface area is 280 Å². The highest BCUT2D eigenvalue weighted by Crippen LogP contribution is 2.33. The summed E-state index contributed by atoms with van der Waals surface area (Å²) >= 11 is 1.06. The predicted octanol–water partition coefficient (Wildman–Crippen LogP) is 7.68. The van der Waals surface area contributed by atoms with Crippen LogP contribution < -0.4 is 10.6 Å². The standard InChI is InChI=1S/C36H36F3N7OS/c1-4-33(47)44-31-7-5-24(15-22(31)2)9-14-46-27(19-40)16-29-23(3)25(6-8-32(29)46)20-45-12-10-26(11-13-45)43-34-30-17-28(18-36(37,38)39)48-35(30)42-21-41-34/h4-8,15-17,21,26H,1,9-14,18,20H2,2-3H3,(H,44,47)(H,41,42,43). The smallest absolute Gasteiger partial charge is 0.367 e. The van der Waals surface area contributed by atoms with Crippen LogP contribution in [0.1, 0.15) is 45.7 Å². The number of nitrogens with one attached hydrogen (secondary N) is 2. The van der Waals surface area contributed by atoms with Gasteiger partial charge >= 0.3 is 6.18 Å². The van der Waals surface area contributed by atoms with E-state index in [0.717, 1.165) is 83.5 Å². The second kappa shape index (κ2) is 13.8. The van der Waals surface area contributed by atoms with Gasteiger partial charge in [-0.25, -0.2) is 9.97 Å². The van der Waals surface area contributed by atoms with E-state index in [4.69, 9.17) is 0 Å². The Morgan fingerprint density at radius 3 is 2.62 bits per heavy atom. The topological polar surface area (TPSA) is 98.9 Å². The Hall–Kier alpha value is -4.73. The maximum atomic E-state index is 12.9. The first-order valence-electron chi connectivity index (χ1n) is 15.8. The molecule has 0 aliphatic carbocycles. The van der Waals surface area contributed by atoms with Crippen LogP contribution in [0.15, 0.2) is 61.4 Å². The summed E-state index contributed by atoms with van der Waals surface area (Å²) in [6.45, 7) is 10.7. The molecule has 0 spiro atoms. The molecule has 0 unspecified atom stereocenters. The fourth-order valence-corrected chi connectivity index (χ4v) is 7.47. The molecule has 5 aromatic rings. The Balaban J connectivity index is 1.09. The molecule has 6 rings (SSSR count). The number of nitriles is 1. The summed E-state index contributed by atoms with van der Waals surface area (Å²) in [7, 11) is 0. The van der Waals surface area contributed by atoms with Gasteiger partial charge in [-0.3, -0.25) is 9.69 Å². The zero-order valence-electron chi connectivity index (χ0n) is 26.8. The van der Waals surface area contributed by atoms with Crippen molar-refractivity contribution in [3.05, 3.63) is 94.3 Å². The fraction of sp³-hybridized carbons (Fsp3) is 0.333. The second-order valence-electron chi connectivity index (χ2n) is 12.3. The molecule has 1 fully saturated rings. The monoisotopic (exact) mass is 671 g/mol. The number of alkyl halides is 3. The summed E-state index contributed by atoms with van der Waals surface area (Å²) < 4.78 is 40.9. The third-order valence-electron chi connectivity index (χ3n) is 9.02. The zero-order valence-corrected chi connectivity index (χ0v) is 27.6. The van der Waals surface area contributed by atoms with Crippen LogP contribution in [-0.4, -0.2) is 50.6 Å². The minimum Gasteiger partial charge on any atom is -0.367 e. The summed E-state index contributed by atoms with van der Waals surface area (Å²) in [5.41, 5.74) is 6.88. The maximum Gasteiger partial charge on any atom is 0.393 e. The largest absolute Gasteiger partial charge is 0.393 e. The summed E-state index contributed by atoms with van der Waals surface area (Å²) in [4.78, 5) is 23.4. The molecule has 48 heavy (non-hydrogen) atoms. The molecule has 1 aliphatic heterocycles. The van der Waals surface area contributed by atoms with Gasteiger partial charge in [0.05, 0.1) is 11.8 Å². The molecule has 12 heteroatoms. The van der Waals surface area contributed by atoms with E-state index < -0.39 is 12.6 Å².